The van der Waals surface area contributed by atoms with E-state index in [0.717, 1.165) is 63.4 Å². The van der Waals surface area contributed by atoms with E-state index in [1.165, 1.54) is 26.4 Å². The number of aliphatic hydroxyl groups is 1. The van der Waals surface area contributed by atoms with Gasteiger partial charge in [0, 0.05) is 12.1 Å². The van der Waals surface area contributed by atoms with Gasteiger partial charge in [0.25, 0.3) is 0 Å². The highest BCUT2D eigenvalue weighted by Gasteiger charge is 2.41. The Balaban J connectivity index is 1.47. The molecule has 0 spiro atoms. The number of carbonyl (C=O) groups is 1. The molecule has 0 aliphatic heterocycles. The minimum absolute atomic E-state index is 0.165. The standard InChI is InChI=1S/C26H38N2O3/c1-3-26(14-6-15-26)24(29)10-5-9-22-20(11-12-21(22)18-27)8-4-7-19-13-16-28-23(17-19)25(30)31-2/h13,16-17,20-22,24,29H,3-12,14-15H2,1-2H3/t20-,21-,22?,24?/m0/s1. The van der Waals surface area contributed by atoms with Crippen LogP contribution in [0.4, 0.5) is 0 Å². The molecule has 1 aromatic rings. The minimum atomic E-state index is -0.400. The lowest BCUT2D eigenvalue weighted by molar-refractivity contribution is -0.0438. The molecule has 3 rings (SSSR count). The summed E-state index contributed by atoms with van der Waals surface area (Å²) in [6.07, 6.45) is 14.3. The third-order valence-corrected chi connectivity index (χ3v) is 8.17. The number of methoxy groups -OCH3 is 1. The molecule has 5 heteroatoms. The van der Waals surface area contributed by atoms with E-state index in [4.69, 9.17) is 4.74 Å². The molecule has 2 saturated carbocycles. The van der Waals surface area contributed by atoms with E-state index in [1.54, 1.807) is 6.20 Å². The van der Waals surface area contributed by atoms with Crippen LogP contribution < -0.4 is 0 Å². The van der Waals surface area contributed by atoms with E-state index in [2.05, 4.69) is 18.0 Å². The smallest absolute Gasteiger partial charge is 0.356 e. The van der Waals surface area contributed by atoms with E-state index < -0.39 is 5.97 Å². The number of aliphatic hydroxyl groups excluding tert-OH is 1. The molecule has 2 fully saturated rings. The van der Waals surface area contributed by atoms with Gasteiger partial charge in [0.1, 0.15) is 5.69 Å². The fourth-order valence-corrected chi connectivity index (χ4v) is 5.93. The molecule has 1 N–H and O–H groups in total. The van der Waals surface area contributed by atoms with Gasteiger partial charge in [-0.2, -0.15) is 5.26 Å². The van der Waals surface area contributed by atoms with Crippen molar-refractivity contribution in [2.75, 3.05) is 7.11 Å². The Bertz CT molecular complexity index is 763. The number of esters is 1. The van der Waals surface area contributed by atoms with Crippen molar-refractivity contribution in [3.05, 3.63) is 29.6 Å². The third kappa shape index (κ3) is 5.66. The largest absolute Gasteiger partial charge is 0.464 e. The van der Waals surface area contributed by atoms with Gasteiger partial charge in [0.15, 0.2) is 0 Å². The van der Waals surface area contributed by atoms with Crippen molar-refractivity contribution in [3.63, 3.8) is 0 Å². The molecule has 0 amide bonds. The number of rotatable bonds is 11. The summed E-state index contributed by atoms with van der Waals surface area (Å²) < 4.78 is 4.76. The SMILES string of the molecule is CCC1(C(O)CCCC2[C@@H](CCCc3ccnc(C(=O)OC)c3)CC[C@H]2C#N)CCC1. The Hall–Kier alpha value is -1.93. The fraction of sp³-hybridized carbons (Fsp3) is 0.731. The van der Waals surface area contributed by atoms with E-state index in [1.807, 2.05) is 12.1 Å². The Morgan fingerprint density at radius 2 is 2.16 bits per heavy atom. The van der Waals surface area contributed by atoms with Gasteiger partial charge in [-0.1, -0.05) is 19.8 Å². The van der Waals surface area contributed by atoms with Crippen LogP contribution in [0, 0.1) is 34.5 Å². The summed E-state index contributed by atoms with van der Waals surface area (Å²) in [7, 11) is 1.37. The topological polar surface area (TPSA) is 83.2 Å². The van der Waals surface area contributed by atoms with Gasteiger partial charge in [-0.05, 0) is 99.2 Å². The highest BCUT2D eigenvalue weighted by atomic mass is 16.5. The Morgan fingerprint density at radius 1 is 1.35 bits per heavy atom. The number of ether oxygens (including phenoxy) is 1. The number of aromatic nitrogens is 1. The van der Waals surface area contributed by atoms with Gasteiger partial charge in [-0.15, -0.1) is 0 Å². The number of hydrogen-bond acceptors (Lipinski definition) is 5. The van der Waals surface area contributed by atoms with E-state index in [0.29, 0.717) is 17.5 Å². The van der Waals surface area contributed by atoms with Gasteiger partial charge in [0.2, 0.25) is 0 Å². The average Bonchev–Trinajstić information content (AvgIpc) is 3.15. The average molecular weight is 427 g/mol. The first-order valence-electron chi connectivity index (χ1n) is 12.1. The maximum atomic E-state index is 11.7. The molecule has 31 heavy (non-hydrogen) atoms. The molecule has 1 aromatic heterocycles. The molecule has 2 unspecified atom stereocenters. The van der Waals surface area contributed by atoms with Crippen LogP contribution in [-0.2, 0) is 11.2 Å². The van der Waals surface area contributed by atoms with Crippen molar-refractivity contribution < 1.29 is 14.6 Å². The number of nitrogens with zero attached hydrogens (tertiary/aromatic N) is 2. The van der Waals surface area contributed by atoms with Crippen molar-refractivity contribution in [3.8, 4) is 6.07 Å². The summed E-state index contributed by atoms with van der Waals surface area (Å²) in [6, 6.07) is 6.34. The quantitative estimate of drug-likeness (QED) is 0.475. The molecule has 0 aromatic carbocycles. The highest BCUT2D eigenvalue weighted by Crippen LogP contribution is 2.48. The van der Waals surface area contributed by atoms with Crippen molar-refractivity contribution in [2.24, 2.45) is 23.2 Å². The molecule has 2 aliphatic carbocycles. The second-order valence-electron chi connectivity index (χ2n) is 9.69. The predicted octanol–water partition coefficient (Wildman–Crippen LogP) is 5.47. The first-order chi connectivity index (χ1) is 15.0. The summed E-state index contributed by atoms with van der Waals surface area (Å²) in [6.45, 7) is 2.21. The van der Waals surface area contributed by atoms with Gasteiger partial charge in [-0.25, -0.2) is 9.78 Å². The fourth-order valence-electron chi connectivity index (χ4n) is 5.93. The minimum Gasteiger partial charge on any atom is -0.464 e. The molecule has 0 radical (unpaired) electrons. The Kier molecular flexibility index (Phi) is 8.49. The second kappa shape index (κ2) is 11.1. The molecular weight excluding hydrogens is 388 g/mol. The van der Waals surface area contributed by atoms with E-state index in [-0.39, 0.29) is 17.4 Å². The molecule has 0 bridgehead atoms. The van der Waals surface area contributed by atoms with Crippen LogP contribution >= 0.6 is 0 Å². The zero-order valence-corrected chi connectivity index (χ0v) is 19.2. The lowest BCUT2D eigenvalue weighted by Gasteiger charge is -2.45. The highest BCUT2D eigenvalue weighted by molar-refractivity contribution is 5.87. The molecule has 2 aliphatic rings. The summed E-state index contributed by atoms with van der Waals surface area (Å²) in [5, 5.41) is 20.4. The summed E-state index contributed by atoms with van der Waals surface area (Å²) >= 11 is 0. The molecule has 0 saturated heterocycles. The normalized spacial score (nSPS) is 25.4. The van der Waals surface area contributed by atoms with Crippen molar-refractivity contribution >= 4 is 5.97 Å². The molecular formula is C26H38N2O3. The van der Waals surface area contributed by atoms with Gasteiger partial charge in [0.05, 0.1) is 19.3 Å². The number of pyridine rings is 1. The number of carbonyl (C=O) groups excluding carboxylic acids is 1. The van der Waals surface area contributed by atoms with Crippen LogP contribution in [-0.4, -0.2) is 29.3 Å². The maximum absolute atomic E-state index is 11.7. The van der Waals surface area contributed by atoms with Gasteiger partial charge in [-0.3, -0.25) is 0 Å². The predicted molar refractivity (Wildman–Crippen MR) is 120 cm³/mol. The van der Waals surface area contributed by atoms with Crippen LogP contribution in [0.3, 0.4) is 0 Å². The Morgan fingerprint density at radius 3 is 2.81 bits per heavy atom. The van der Waals surface area contributed by atoms with Crippen LogP contribution in [0.15, 0.2) is 18.3 Å². The molecule has 1 heterocycles. The van der Waals surface area contributed by atoms with Crippen molar-refractivity contribution in [1.82, 2.24) is 4.98 Å². The number of nitriles is 1. The van der Waals surface area contributed by atoms with Gasteiger partial charge < -0.3 is 9.84 Å². The maximum Gasteiger partial charge on any atom is 0.356 e. The van der Waals surface area contributed by atoms with Crippen LogP contribution in [0.1, 0.15) is 93.6 Å². The van der Waals surface area contributed by atoms with Gasteiger partial charge >= 0.3 is 5.97 Å². The van der Waals surface area contributed by atoms with Crippen LogP contribution in [0.2, 0.25) is 0 Å². The summed E-state index contributed by atoms with van der Waals surface area (Å²) in [5.74, 6) is 0.813. The number of aryl methyl sites for hydroxylation is 1. The summed E-state index contributed by atoms with van der Waals surface area (Å²) in [4.78, 5) is 15.8. The molecule has 4 atom stereocenters. The Labute approximate surface area is 187 Å². The zero-order chi connectivity index (χ0) is 22.3. The molecule has 5 nitrogen and oxygen atoms in total. The van der Waals surface area contributed by atoms with Crippen molar-refractivity contribution in [2.45, 2.75) is 90.1 Å². The van der Waals surface area contributed by atoms with Crippen molar-refractivity contribution in [1.29, 1.82) is 5.26 Å². The second-order valence-corrected chi connectivity index (χ2v) is 9.69. The lowest BCUT2D eigenvalue weighted by Crippen LogP contribution is -2.40. The van der Waals surface area contributed by atoms with Crippen LogP contribution in [0.5, 0.6) is 0 Å². The molecule has 170 valence electrons. The lowest BCUT2D eigenvalue weighted by atomic mass is 9.62. The van der Waals surface area contributed by atoms with Crippen LogP contribution in [0.25, 0.3) is 0 Å². The number of hydrogen-bond donors (Lipinski definition) is 1. The first kappa shape index (κ1) is 23.7. The first-order valence-corrected chi connectivity index (χ1v) is 12.1. The summed E-state index contributed by atoms with van der Waals surface area (Å²) in [5.41, 5.74) is 1.64. The van der Waals surface area contributed by atoms with E-state index >= 15 is 0 Å². The van der Waals surface area contributed by atoms with E-state index in [9.17, 15) is 15.2 Å². The zero-order valence-electron chi connectivity index (χ0n) is 19.2. The third-order valence-electron chi connectivity index (χ3n) is 8.17. The monoisotopic (exact) mass is 426 g/mol.